The largest absolute Gasteiger partial charge is 0.482 e. The van der Waals surface area contributed by atoms with Gasteiger partial charge in [-0.2, -0.15) is 5.10 Å². The van der Waals surface area contributed by atoms with Crippen molar-refractivity contribution in [3.63, 3.8) is 0 Å². The Kier molecular flexibility index (Phi) is 4.57. The number of nitrogens with zero attached hydrogens (tertiary/aromatic N) is 1. The van der Waals surface area contributed by atoms with Gasteiger partial charge in [0.1, 0.15) is 0 Å². The fourth-order valence-corrected chi connectivity index (χ4v) is 1.43. The first kappa shape index (κ1) is 13.1. The van der Waals surface area contributed by atoms with E-state index in [1.165, 1.54) is 7.11 Å². The van der Waals surface area contributed by atoms with Crippen LogP contribution < -0.4 is 11.2 Å². The first-order chi connectivity index (χ1) is 8.08. The first-order valence-electron chi connectivity index (χ1n) is 5.50. The molecule has 0 aliphatic rings. The molecule has 4 heteroatoms. The topological polar surface area (TPSA) is 59.6 Å². The SMILES string of the molecule is C=C(N/N=C(\CC)c1cc(C)ccc1N)OC. The zero-order valence-corrected chi connectivity index (χ0v) is 10.6. The van der Waals surface area contributed by atoms with Gasteiger partial charge in [-0.1, -0.05) is 18.6 Å². The van der Waals surface area contributed by atoms with Crippen LogP contribution in [0.2, 0.25) is 0 Å². The average Bonchev–Trinajstić information content (AvgIpc) is 2.33. The molecular weight excluding hydrogens is 214 g/mol. The highest BCUT2D eigenvalue weighted by Crippen LogP contribution is 2.16. The predicted octanol–water partition coefficient (Wildman–Crippen LogP) is 2.40. The van der Waals surface area contributed by atoms with E-state index in [0.717, 1.165) is 28.9 Å². The number of hydrogen-bond donors (Lipinski definition) is 2. The van der Waals surface area contributed by atoms with E-state index in [-0.39, 0.29) is 0 Å². The summed E-state index contributed by atoms with van der Waals surface area (Å²) in [4.78, 5) is 0. The minimum atomic E-state index is 0.405. The quantitative estimate of drug-likeness (QED) is 0.355. The molecule has 0 saturated carbocycles. The number of nitrogen functional groups attached to an aromatic ring is 1. The van der Waals surface area contributed by atoms with Gasteiger partial charge in [-0.15, -0.1) is 0 Å². The Hall–Kier alpha value is -1.97. The molecule has 0 saturated heterocycles. The highest BCUT2D eigenvalue weighted by molar-refractivity contribution is 6.04. The van der Waals surface area contributed by atoms with Crippen LogP contribution in [0.15, 0.2) is 35.8 Å². The number of anilines is 1. The Bertz CT molecular complexity index is 438. The lowest BCUT2D eigenvalue weighted by Crippen LogP contribution is -2.12. The summed E-state index contributed by atoms with van der Waals surface area (Å²) in [6.07, 6.45) is 0.775. The van der Waals surface area contributed by atoms with Crippen LogP contribution in [0.25, 0.3) is 0 Å². The van der Waals surface area contributed by atoms with E-state index in [1.807, 2.05) is 32.0 Å². The standard InChI is InChI=1S/C13H19N3O/c1-5-13(16-15-10(3)17-4)11-8-9(2)6-7-12(11)14/h6-8,15H,3,5,14H2,1-2,4H3/b16-13+. The summed E-state index contributed by atoms with van der Waals surface area (Å²) >= 11 is 0. The normalized spacial score (nSPS) is 11.1. The Balaban J connectivity index is 3.00. The summed E-state index contributed by atoms with van der Waals surface area (Å²) in [6.45, 7) is 7.69. The van der Waals surface area contributed by atoms with Gasteiger partial charge in [0, 0.05) is 11.3 Å². The monoisotopic (exact) mass is 233 g/mol. The molecule has 4 nitrogen and oxygen atoms in total. The van der Waals surface area contributed by atoms with Crippen LogP contribution >= 0.6 is 0 Å². The average molecular weight is 233 g/mol. The van der Waals surface area contributed by atoms with Crippen LogP contribution in [0.3, 0.4) is 0 Å². The van der Waals surface area contributed by atoms with Crippen molar-refractivity contribution in [3.05, 3.63) is 41.8 Å². The van der Waals surface area contributed by atoms with E-state index in [0.29, 0.717) is 5.88 Å². The van der Waals surface area contributed by atoms with Gasteiger partial charge in [-0.25, -0.2) is 5.43 Å². The lowest BCUT2D eigenvalue weighted by atomic mass is 10.0. The molecule has 0 heterocycles. The molecule has 0 radical (unpaired) electrons. The molecule has 0 fully saturated rings. The predicted molar refractivity (Wildman–Crippen MR) is 71.7 cm³/mol. The lowest BCUT2D eigenvalue weighted by molar-refractivity contribution is 0.265. The smallest absolute Gasteiger partial charge is 0.199 e. The number of ether oxygens (including phenoxy) is 1. The van der Waals surface area contributed by atoms with Crippen LogP contribution in [0.4, 0.5) is 5.69 Å². The van der Waals surface area contributed by atoms with Gasteiger partial charge in [0.25, 0.3) is 0 Å². The minimum absolute atomic E-state index is 0.405. The molecular formula is C13H19N3O. The third-order valence-corrected chi connectivity index (χ3v) is 2.42. The summed E-state index contributed by atoms with van der Waals surface area (Å²) in [6, 6.07) is 5.89. The zero-order chi connectivity index (χ0) is 12.8. The van der Waals surface area contributed by atoms with Crippen LogP contribution in [0.5, 0.6) is 0 Å². The van der Waals surface area contributed by atoms with Crippen molar-refractivity contribution in [2.24, 2.45) is 5.10 Å². The fraction of sp³-hybridized carbons (Fsp3) is 0.308. The Labute approximate surface area is 102 Å². The van der Waals surface area contributed by atoms with Crippen LogP contribution in [-0.4, -0.2) is 12.8 Å². The summed E-state index contributed by atoms with van der Waals surface area (Å²) in [5.74, 6) is 0.405. The number of aryl methyl sites for hydroxylation is 1. The number of methoxy groups -OCH3 is 1. The summed E-state index contributed by atoms with van der Waals surface area (Å²) < 4.78 is 4.89. The number of benzene rings is 1. The molecule has 1 aromatic rings. The fourth-order valence-electron chi connectivity index (χ4n) is 1.43. The van der Waals surface area contributed by atoms with Gasteiger partial charge in [0.2, 0.25) is 0 Å². The summed E-state index contributed by atoms with van der Waals surface area (Å²) in [5.41, 5.74) is 12.4. The van der Waals surface area contributed by atoms with Crippen LogP contribution in [-0.2, 0) is 4.74 Å². The number of hydrogen-bond acceptors (Lipinski definition) is 4. The summed E-state index contributed by atoms with van der Waals surface area (Å²) in [7, 11) is 1.54. The first-order valence-corrected chi connectivity index (χ1v) is 5.50. The van der Waals surface area contributed by atoms with E-state index in [2.05, 4.69) is 17.1 Å². The van der Waals surface area contributed by atoms with E-state index >= 15 is 0 Å². The number of nitrogens with two attached hydrogens (primary N) is 1. The molecule has 0 aromatic heterocycles. The van der Waals surface area contributed by atoms with Crippen molar-refractivity contribution in [3.8, 4) is 0 Å². The molecule has 0 bridgehead atoms. The van der Waals surface area contributed by atoms with Crippen molar-refractivity contribution in [1.82, 2.24) is 5.43 Å². The lowest BCUT2D eigenvalue weighted by Gasteiger charge is -2.10. The van der Waals surface area contributed by atoms with Crippen LogP contribution in [0, 0.1) is 6.92 Å². The van der Waals surface area contributed by atoms with Crippen molar-refractivity contribution < 1.29 is 4.74 Å². The molecule has 92 valence electrons. The maximum atomic E-state index is 5.94. The van der Waals surface area contributed by atoms with Gasteiger partial charge in [0.05, 0.1) is 12.8 Å². The maximum Gasteiger partial charge on any atom is 0.199 e. The van der Waals surface area contributed by atoms with Gasteiger partial charge < -0.3 is 10.5 Å². The molecule has 0 aliphatic carbocycles. The second-order valence-corrected chi connectivity index (χ2v) is 3.74. The number of nitrogens with one attached hydrogen (secondary N) is 1. The van der Waals surface area contributed by atoms with E-state index in [9.17, 15) is 0 Å². The molecule has 0 spiro atoms. The van der Waals surface area contributed by atoms with Gasteiger partial charge >= 0.3 is 0 Å². The molecule has 17 heavy (non-hydrogen) atoms. The maximum absolute atomic E-state index is 5.94. The van der Waals surface area contributed by atoms with Crippen LogP contribution in [0.1, 0.15) is 24.5 Å². The Morgan fingerprint density at radius 2 is 2.24 bits per heavy atom. The second-order valence-electron chi connectivity index (χ2n) is 3.74. The Morgan fingerprint density at radius 3 is 2.82 bits per heavy atom. The number of rotatable bonds is 5. The van der Waals surface area contributed by atoms with Gasteiger partial charge in [0.15, 0.2) is 5.88 Å². The molecule has 1 rings (SSSR count). The molecule has 0 aliphatic heterocycles. The van der Waals surface area contributed by atoms with E-state index < -0.39 is 0 Å². The zero-order valence-electron chi connectivity index (χ0n) is 10.6. The highest BCUT2D eigenvalue weighted by Gasteiger charge is 2.06. The van der Waals surface area contributed by atoms with Crippen molar-refractivity contribution in [2.75, 3.05) is 12.8 Å². The Morgan fingerprint density at radius 1 is 1.53 bits per heavy atom. The van der Waals surface area contributed by atoms with Gasteiger partial charge in [-0.3, -0.25) is 0 Å². The van der Waals surface area contributed by atoms with E-state index in [4.69, 9.17) is 10.5 Å². The second kappa shape index (κ2) is 5.94. The minimum Gasteiger partial charge on any atom is -0.482 e. The van der Waals surface area contributed by atoms with Crippen molar-refractivity contribution in [1.29, 1.82) is 0 Å². The van der Waals surface area contributed by atoms with Gasteiger partial charge in [-0.05, 0) is 32.1 Å². The van der Waals surface area contributed by atoms with E-state index in [1.54, 1.807) is 0 Å². The summed E-state index contributed by atoms with van der Waals surface area (Å²) in [5, 5.41) is 4.25. The third-order valence-electron chi connectivity index (χ3n) is 2.42. The molecule has 3 N–H and O–H groups in total. The molecule has 1 aromatic carbocycles. The molecule has 0 amide bonds. The van der Waals surface area contributed by atoms with Crippen molar-refractivity contribution >= 4 is 11.4 Å². The highest BCUT2D eigenvalue weighted by atomic mass is 16.5. The van der Waals surface area contributed by atoms with Crippen molar-refractivity contribution in [2.45, 2.75) is 20.3 Å². The molecule has 0 unspecified atom stereocenters. The molecule has 0 atom stereocenters. The number of hydrazone groups is 1. The third kappa shape index (κ3) is 3.52.